The minimum Gasteiger partial charge on any atom is -0.459 e. The molecule has 1 aliphatic rings. The normalized spacial score (nSPS) is 15.4. The first-order chi connectivity index (χ1) is 14.2. The molecule has 0 radical (unpaired) electrons. The lowest BCUT2D eigenvalue weighted by Gasteiger charge is -2.18. The first kappa shape index (κ1) is 21.9. The van der Waals surface area contributed by atoms with E-state index in [1.165, 1.54) is 23.7 Å². The lowest BCUT2D eigenvalue weighted by molar-refractivity contribution is -0.119. The van der Waals surface area contributed by atoms with Gasteiger partial charge in [-0.1, -0.05) is 6.92 Å². The lowest BCUT2D eigenvalue weighted by Crippen LogP contribution is -2.23. The lowest BCUT2D eigenvalue weighted by atomic mass is 9.88. The molecule has 1 atom stereocenters. The van der Waals surface area contributed by atoms with Gasteiger partial charge >= 0.3 is 11.9 Å². The van der Waals surface area contributed by atoms with E-state index in [-0.39, 0.29) is 11.8 Å². The number of nitrogens with one attached hydrogen (secondary N) is 1. The van der Waals surface area contributed by atoms with Gasteiger partial charge in [0, 0.05) is 11.1 Å². The highest BCUT2D eigenvalue weighted by molar-refractivity contribution is 7.17. The van der Waals surface area contributed by atoms with E-state index in [2.05, 4.69) is 22.2 Å². The van der Waals surface area contributed by atoms with E-state index in [1.807, 2.05) is 0 Å². The van der Waals surface area contributed by atoms with E-state index in [1.54, 1.807) is 20.8 Å². The van der Waals surface area contributed by atoms with Crippen LogP contribution in [0.5, 0.6) is 0 Å². The topological polar surface area (TPSA) is 107 Å². The number of nitrogens with zero attached hydrogens (tertiary/aromatic N) is 2. The molecule has 2 aromatic rings. The maximum atomic E-state index is 12.7. The third-order valence-corrected chi connectivity index (χ3v) is 5.81. The van der Waals surface area contributed by atoms with E-state index >= 15 is 0 Å². The predicted octanol–water partition coefficient (Wildman–Crippen LogP) is 3.33. The van der Waals surface area contributed by atoms with Crippen LogP contribution in [0, 0.1) is 12.8 Å². The van der Waals surface area contributed by atoms with E-state index in [0.29, 0.717) is 22.2 Å². The van der Waals surface area contributed by atoms with Gasteiger partial charge in [-0.3, -0.25) is 9.78 Å². The molecular weight excluding hydrogens is 406 g/mol. The summed E-state index contributed by atoms with van der Waals surface area (Å²) in [6.45, 7) is 6.99. The molecular formula is C21H25N3O5S. The zero-order chi connectivity index (χ0) is 21.8. The van der Waals surface area contributed by atoms with Crippen molar-refractivity contribution in [3.63, 3.8) is 0 Å². The monoisotopic (exact) mass is 431 g/mol. The third-order valence-electron chi connectivity index (χ3n) is 4.64. The SMILES string of the molecule is Cc1cnc(C(=O)OCC(=O)Nc2sc3c(c2C(=O)OC(C)C)CCC(C)C3)cn1. The van der Waals surface area contributed by atoms with Gasteiger partial charge in [0.05, 0.1) is 23.6 Å². The molecule has 30 heavy (non-hydrogen) atoms. The Morgan fingerprint density at radius 1 is 1.23 bits per heavy atom. The van der Waals surface area contributed by atoms with E-state index in [0.717, 1.165) is 29.7 Å². The zero-order valence-corrected chi connectivity index (χ0v) is 18.3. The number of hydrogen-bond acceptors (Lipinski definition) is 8. The first-order valence-corrected chi connectivity index (χ1v) is 10.7. The van der Waals surface area contributed by atoms with Crippen LogP contribution in [0.4, 0.5) is 5.00 Å². The van der Waals surface area contributed by atoms with Crippen molar-refractivity contribution >= 4 is 34.2 Å². The van der Waals surface area contributed by atoms with Gasteiger partial charge in [0.25, 0.3) is 5.91 Å². The van der Waals surface area contributed by atoms with Gasteiger partial charge in [0.1, 0.15) is 5.00 Å². The summed E-state index contributed by atoms with van der Waals surface area (Å²) in [7, 11) is 0. The number of esters is 2. The van der Waals surface area contributed by atoms with Crippen molar-refractivity contribution in [3.8, 4) is 0 Å². The maximum Gasteiger partial charge on any atom is 0.359 e. The largest absolute Gasteiger partial charge is 0.459 e. The van der Waals surface area contributed by atoms with Crippen molar-refractivity contribution in [1.29, 1.82) is 0 Å². The number of ether oxygens (including phenoxy) is 2. The molecule has 1 amide bonds. The van der Waals surface area contributed by atoms with Crippen LogP contribution in [-0.4, -0.2) is 40.5 Å². The smallest absolute Gasteiger partial charge is 0.359 e. The van der Waals surface area contributed by atoms with Gasteiger partial charge < -0.3 is 14.8 Å². The standard InChI is InChI=1S/C21H25N3O5S/c1-11(2)29-21(27)18-14-6-5-12(3)7-16(14)30-19(18)24-17(25)10-28-20(26)15-9-22-13(4)8-23-15/h8-9,11-12H,5-7,10H2,1-4H3,(H,24,25). The molecule has 1 unspecified atom stereocenters. The number of amides is 1. The van der Waals surface area contributed by atoms with E-state index in [9.17, 15) is 14.4 Å². The average molecular weight is 432 g/mol. The maximum absolute atomic E-state index is 12.7. The second-order valence-corrected chi connectivity index (χ2v) is 8.78. The molecule has 0 spiro atoms. The molecule has 8 nitrogen and oxygen atoms in total. The Kier molecular flexibility index (Phi) is 6.81. The molecule has 0 bridgehead atoms. The van der Waals surface area contributed by atoms with Crippen LogP contribution in [0.2, 0.25) is 0 Å². The Balaban J connectivity index is 1.71. The molecule has 2 aromatic heterocycles. The average Bonchev–Trinajstić information content (AvgIpc) is 3.02. The summed E-state index contributed by atoms with van der Waals surface area (Å²) >= 11 is 1.39. The van der Waals surface area contributed by atoms with Gasteiger partial charge in [-0.15, -0.1) is 11.3 Å². The van der Waals surface area contributed by atoms with Gasteiger partial charge in [-0.05, 0) is 51.5 Å². The molecule has 2 heterocycles. The highest BCUT2D eigenvalue weighted by atomic mass is 32.1. The molecule has 1 aliphatic carbocycles. The van der Waals surface area contributed by atoms with Crippen molar-refractivity contribution in [1.82, 2.24) is 9.97 Å². The van der Waals surface area contributed by atoms with Crippen LogP contribution in [-0.2, 0) is 27.1 Å². The third kappa shape index (κ3) is 5.21. The number of aromatic nitrogens is 2. The van der Waals surface area contributed by atoms with Gasteiger partial charge in [0.2, 0.25) is 0 Å². The van der Waals surface area contributed by atoms with Crippen LogP contribution in [0.15, 0.2) is 12.4 Å². The number of hydrogen-bond donors (Lipinski definition) is 1. The van der Waals surface area contributed by atoms with Crippen molar-refractivity contribution in [2.75, 3.05) is 11.9 Å². The quantitative estimate of drug-likeness (QED) is 0.699. The summed E-state index contributed by atoms with van der Waals surface area (Å²) in [5, 5.41) is 3.16. The van der Waals surface area contributed by atoms with Crippen molar-refractivity contribution < 1.29 is 23.9 Å². The molecule has 3 rings (SSSR count). The van der Waals surface area contributed by atoms with Crippen LogP contribution in [0.3, 0.4) is 0 Å². The minimum absolute atomic E-state index is 0.0233. The number of carbonyl (C=O) groups excluding carboxylic acids is 3. The van der Waals surface area contributed by atoms with Crippen molar-refractivity contribution in [2.24, 2.45) is 5.92 Å². The molecule has 0 fully saturated rings. The Labute approximate surface area is 179 Å². The zero-order valence-electron chi connectivity index (χ0n) is 17.5. The first-order valence-electron chi connectivity index (χ1n) is 9.85. The Morgan fingerprint density at radius 2 is 2.00 bits per heavy atom. The van der Waals surface area contributed by atoms with Crippen LogP contribution in [0.1, 0.15) is 64.2 Å². The van der Waals surface area contributed by atoms with Crippen molar-refractivity contribution in [2.45, 2.75) is 53.1 Å². The molecule has 160 valence electrons. The summed E-state index contributed by atoms with van der Waals surface area (Å²) in [4.78, 5) is 46.1. The number of fused-ring (bicyclic) bond motifs is 1. The van der Waals surface area contributed by atoms with Crippen LogP contribution < -0.4 is 5.32 Å². The fourth-order valence-electron chi connectivity index (χ4n) is 3.19. The van der Waals surface area contributed by atoms with Gasteiger partial charge in [0.15, 0.2) is 12.3 Å². The highest BCUT2D eigenvalue weighted by Crippen LogP contribution is 2.40. The van der Waals surface area contributed by atoms with E-state index < -0.39 is 24.5 Å². The summed E-state index contributed by atoms with van der Waals surface area (Å²) < 4.78 is 10.4. The van der Waals surface area contributed by atoms with Crippen LogP contribution >= 0.6 is 11.3 Å². The minimum atomic E-state index is -0.739. The second-order valence-electron chi connectivity index (χ2n) is 7.68. The fourth-order valence-corrected chi connectivity index (χ4v) is 4.61. The number of thiophene rings is 1. The summed E-state index contributed by atoms with van der Waals surface area (Å²) in [5.41, 5.74) is 2.06. The summed E-state index contributed by atoms with van der Waals surface area (Å²) in [6, 6.07) is 0. The van der Waals surface area contributed by atoms with Crippen LogP contribution in [0.25, 0.3) is 0 Å². The highest BCUT2D eigenvalue weighted by Gasteiger charge is 2.29. The number of carbonyl (C=O) groups is 3. The number of anilines is 1. The second kappa shape index (κ2) is 9.34. The Hall–Kier alpha value is -2.81. The molecule has 0 saturated heterocycles. The molecule has 0 saturated carbocycles. The molecule has 0 aromatic carbocycles. The van der Waals surface area contributed by atoms with E-state index in [4.69, 9.17) is 9.47 Å². The Bertz CT molecular complexity index is 952. The van der Waals surface area contributed by atoms with Gasteiger partial charge in [-0.2, -0.15) is 0 Å². The number of rotatable bonds is 6. The summed E-state index contributed by atoms with van der Waals surface area (Å²) in [5.74, 6) is -1.20. The predicted molar refractivity (Wildman–Crippen MR) is 112 cm³/mol. The van der Waals surface area contributed by atoms with Crippen molar-refractivity contribution in [3.05, 3.63) is 39.8 Å². The molecule has 9 heteroatoms. The fraction of sp³-hybridized carbons (Fsp3) is 0.476. The Morgan fingerprint density at radius 3 is 2.67 bits per heavy atom. The van der Waals surface area contributed by atoms with Gasteiger partial charge in [-0.25, -0.2) is 14.6 Å². The number of aryl methyl sites for hydroxylation is 1. The molecule has 1 N–H and O–H groups in total. The molecule has 0 aliphatic heterocycles. The summed E-state index contributed by atoms with van der Waals surface area (Å²) in [6.07, 6.45) is 5.08.